The molecule has 2 aliphatic rings. The average molecular weight is 906 g/mol. The molecule has 25 heteroatoms. The van der Waals surface area contributed by atoms with Crippen molar-refractivity contribution in [2.45, 2.75) is 26.9 Å². The fourth-order valence-corrected chi connectivity index (χ4v) is 6.19. The van der Waals surface area contributed by atoms with Gasteiger partial charge in [0.1, 0.15) is 11.6 Å². The summed E-state index contributed by atoms with van der Waals surface area (Å²) in [6.07, 6.45) is 2.54. The maximum Gasteiger partial charge on any atom is 2.00 e. The number of carboxylic acid groups (broad SMARTS) is 2. The molecule has 22 nitrogen and oxygen atoms in total. The molecule has 22 N–H and O–H groups in total. The minimum atomic E-state index is -1.55. The third kappa shape index (κ3) is 14.2. The molecule has 0 spiro atoms. The monoisotopic (exact) mass is 905 g/mol. The second-order valence-corrected chi connectivity index (χ2v) is 12.1. The first-order valence-electron chi connectivity index (χ1n) is 15.9. The zero-order valence-electron chi connectivity index (χ0n) is 32.9. The summed E-state index contributed by atoms with van der Waals surface area (Å²) < 4.78 is 32.4. The minimum absolute atomic E-state index is 0. The number of piperazine rings is 2. The van der Waals surface area contributed by atoms with Gasteiger partial charge in [0, 0.05) is 88.6 Å². The average Bonchev–Trinajstić information content (AvgIpc) is 3.06. The van der Waals surface area contributed by atoms with Crippen LogP contribution in [0.5, 0.6) is 0 Å². The molecule has 6 rings (SSSR count). The number of aryl methyl sites for hydroxylation is 2. The van der Waals surface area contributed by atoms with Crippen LogP contribution in [0.25, 0.3) is 21.8 Å². The van der Waals surface area contributed by atoms with Gasteiger partial charge in [-0.15, -0.1) is 0 Å². The summed E-state index contributed by atoms with van der Waals surface area (Å²) in [5.41, 5.74) is -0.369. The number of hydrogen-bond acceptors (Lipinski definition) is 10. The summed E-state index contributed by atoms with van der Waals surface area (Å²) in [7, 11) is 4.04. The van der Waals surface area contributed by atoms with Crippen molar-refractivity contribution in [1.82, 2.24) is 18.9 Å². The van der Waals surface area contributed by atoms with Crippen molar-refractivity contribution in [2.75, 3.05) is 76.3 Å². The molecule has 0 aliphatic carbocycles. The fourth-order valence-electron chi connectivity index (χ4n) is 6.19. The Bertz CT molecular complexity index is 1880. The van der Waals surface area contributed by atoms with E-state index in [2.05, 4.69) is 9.80 Å². The van der Waals surface area contributed by atoms with Crippen LogP contribution < -0.4 is 30.9 Å². The van der Waals surface area contributed by atoms with Crippen LogP contribution in [0, 0.1) is 11.6 Å². The zero-order chi connectivity index (χ0) is 34.9. The van der Waals surface area contributed by atoms with Crippen molar-refractivity contribution in [3.05, 3.63) is 79.9 Å². The van der Waals surface area contributed by atoms with Crippen molar-refractivity contribution in [3.8, 4) is 0 Å². The van der Waals surface area contributed by atoms with Crippen molar-refractivity contribution in [2.24, 2.45) is 0 Å². The molecule has 0 saturated carbocycles. The molecular weight excluding hydrogens is 845 g/mol. The molecule has 2 aromatic heterocycles. The number of halogens is 2. The van der Waals surface area contributed by atoms with Crippen LogP contribution in [0.3, 0.4) is 0 Å². The van der Waals surface area contributed by atoms with Crippen LogP contribution in [0.15, 0.2) is 46.2 Å². The van der Waals surface area contributed by atoms with Crippen LogP contribution >= 0.6 is 0 Å². The topological polar surface area (TPSA) is 455 Å². The number of carbonyl (C=O) groups is 2. The van der Waals surface area contributed by atoms with E-state index in [9.17, 15) is 38.2 Å². The maximum absolute atomic E-state index is 14.6. The van der Waals surface area contributed by atoms with E-state index >= 15 is 0 Å². The summed E-state index contributed by atoms with van der Waals surface area (Å²) >= 11 is 0. The quantitative estimate of drug-likeness (QED) is 0.165. The van der Waals surface area contributed by atoms with Gasteiger partial charge in [0.05, 0.1) is 45.5 Å². The smallest absolute Gasteiger partial charge is 0.545 e. The molecule has 0 bridgehead atoms. The van der Waals surface area contributed by atoms with Crippen molar-refractivity contribution in [3.63, 3.8) is 0 Å². The Labute approximate surface area is 346 Å². The summed E-state index contributed by atoms with van der Waals surface area (Å²) in [6.45, 7) is 10.7. The minimum Gasteiger partial charge on any atom is -0.545 e. The molecule has 0 unspecified atom stereocenters. The SMILES string of the molecule is CCn1cc(C(=O)[O-])c(=O)c2cc(F)c(N3CCN(C)CC3)cc21.CCn1cc(C(=O)[O-])c(=O)c2cc(F)c(N3CCN(C)CC3)cc21.O.O.O.O.O.O.O.O.[Co+2].[OH3+].[OH3+]. The van der Waals surface area contributed by atoms with Gasteiger partial charge in [-0.1, -0.05) is 0 Å². The molecule has 2 fully saturated rings. The molecular formula is C34H60CoF2N6O16+2. The Kier molecular flexibility index (Phi) is 33.5. The number of hydrogen-bond donors (Lipinski definition) is 0. The molecule has 4 aromatic rings. The predicted molar refractivity (Wildman–Crippen MR) is 214 cm³/mol. The standard InChI is InChI=1S/2C17H20FN3O3.Co.10H2O/c2*1-3-20-10-12(17(23)24)16(22)11-8-13(18)15(9-14(11)20)21-6-4-19(2)5-7-21;;;;;;;;;;;/h2*8-10H,3-7H2,1-2H3,(H,23,24);;10*1H2/q;;+2;;;;;;;;;;. The first-order chi connectivity index (χ1) is 22.8. The number of nitrogens with zero attached hydrogens (tertiary/aromatic N) is 6. The van der Waals surface area contributed by atoms with E-state index in [-0.39, 0.29) is 82.3 Å². The molecule has 4 heterocycles. The molecule has 59 heavy (non-hydrogen) atoms. The molecule has 2 aliphatic heterocycles. The number of benzene rings is 2. The van der Waals surface area contributed by atoms with Crippen molar-refractivity contribution < 1.29 is 100 Å². The van der Waals surface area contributed by atoms with E-state index in [1.807, 2.05) is 37.7 Å². The number of aromatic nitrogens is 2. The van der Waals surface area contributed by atoms with E-state index in [1.165, 1.54) is 12.4 Å². The normalized spacial score (nSPS) is 12.9. The van der Waals surface area contributed by atoms with Gasteiger partial charge in [0.2, 0.25) is 0 Å². The maximum atomic E-state index is 14.6. The number of fused-ring (bicyclic) bond motifs is 2. The van der Waals surface area contributed by atoms with E-state index < -0.39 is 45.6 Å². The molecule has 1 radical (unpaired) electrons. The second kappa shape index (κ2) is 28.7. The Morgan fingerprint density at radius 2 is 0.831 bits per heavy atom. The van der Waals surface area contributed by atoms with E-state index in [0.717, 1.165) is 38.3 Å². The number of carbonyl (C=O) groups excluding carboxylic acids is 2. The summed E-state index contributed by atoms with van der Waals surface area (Å²) in [6, 6.07) is 5.56. The van der Waals surface area contributed by atoms with Crippen molar-refractivity contribution >= 4 is 45.1 Å². The summed E-state index contributed by atoms with van der Waals surface area (Å²) in [4.78, 5) is 55.1. The van der Waals surface area contributed by atoms with Gasteiger partial charge in [0.15, 0.2) is 10.9 Å². The van der Waals surface area contributed by atoms with Crippen LogP contribution in [-0.2, 0) is 40.8 Å². The van der Waals surface area contributed by atoms with Crippen molar-refractivity contribution in [1.29, 1.82) is 0 Å². The third-order valence-corrected chi connectivity index (χ3v) is 9.11. The van der Waals surface area contributed by atoms with Crippen LogP contribution in [-0.4, -0.2) is 141 Å². The summed E-state index contributed by atoms with van der Waals surface area (Å²) in [5, 5.41) is 22.4. The second-order valence-electron chi connectivity index (χ2n) is 12.1. The van der Waals surface area contributed by atoms with Crippen LogP contribution in [0.1, 0.15) is 34.6 Å². The van der Waals surface area contributed by atoms with Gasteiger partial charge in [-0.25, -0.2) is 8.78 Å². The summed E-state index contributed by atoms with van der Waals surface area (Å²) in [5.74, 6) is -4.12. The van der Waals surface area contributed by atoms with E-state index in [1.54, 1.807) is 21.3 Å². The Morgan fingerprint density at radius 3 is 1.07 bits per heavy atom. The predicted octanol–water partition coefficient (Wildman–Crippen LogP) is -7.89. The molecule has 2 saturated heterocycles. The number of pyridine rings is 2. The molecule has 2 aromatic carbocycles. The molecule has 0 amide bonds. The largest absolute Gasteiger partial charge is 2.00 e. The fraction of sp³-hybridized carbons (Fsp3) is 0.412. The Morgan fingerprint density at radius 1 is 0.559 bits per heavy atom. The third-order valence-electron chi connectivity index (χ3n) is 9.11. The Hall–Kier alpha value is -4.71. The van der Waals surface area contributed by atoms with Gasteiger partial charge in [-0.05, 0) is 52.2 Å². The van der Waals surface area contributed by atoms with Crippen LogP contribution in [0.4, 0.5) is 20.2 Å². The number of likely N-dealkylation sites (N-methyl/N-ethyl adjacent to an activating group) is 2. The van der Waals surface area contributed by atoms with Gasteiger partial charge in [-0.3, -0.25) is 9.59 Å². The number of rotatable bonds is 6. The zero-order valence-corrected chi connectivity index (χ0v) is 34.0. The Balaban J connectivity index is -0.000000155. The van der Waals surface area contributed by atoms with Gasteiger partial charge in [-0.2, -0.15) is 0 Å². The first-order valence-corrected chi connectivity index (χ1v) is 15.9. The number of aromatic carboxylic acids is 2. The van der Waals surface area contributed by atoms with E-state index in [0.29, 0.717) is 61.7 Å². The van der Waals surface area contributed by atoms with Crippen LogP contribution in [0.2, 0.25) is 0 Å². The van der Waals surface area contributed by atoms with E-state index in [4.69, 9.17) is 0 Å². The first kappa shape index (κ1) is 68.9. The number of anilines is 2. The van der Waals surface area contributed by atoms with Gasteiger partial charge < -0.3 is 103 Å². The molecule has 0 atom stereocenters. The van der Waals surface area contributed by atoms with Gasteiger partial charge in [0.25, 0.3) is 0 Å². The number of carboxylic acids is 2. The molecule has 343 valence electrons. The van der Waals surface area contributed by atoms with Gasteiger partial charge >= 0.3 is 16.8 Å².